The number of carbonyl (C=O) groups excluding carboxylic acids is 2. The number of nitrogen functional groups attached to an aromatic ring is 1. The third kappa shape index (κ3) is 4.98. The first-order valence-electron chi connectivity index (χ1n) is 10.3. The van der Waals surface area contributed by atoms with Crippen molar-refractivity contribution in [2.24, 2.45) is 5.10 Å². The molecule has 2 aromatic heterocycles. The molecule has 0 atom stereocenters. The highest BCUT2D eigenvalue weighted by molar-refractivity contribution is 5.99. The van der Waals surface area contributed by atoms with Gasteiger partial charge in [-0.05, 0) is 59.2 Å². The molecule has 1 amide bonds. The second kappa shape index (κ2) is 10.2. The SMILES string of the molecule is CCOc1ccc(-c2c(C(=O)N/N=C\c3ccc(C(=O)OC)cc3)nnn2-c2nonc2N)cc1. The molecule has 0 radical (unpaired) electrons. The van der Waals surface area contributed by atoms with Crippen LogP contribution >= 0.6 is 0 Å². The number of rotatable bonds is 8. The minimum Gasteiger partial charge on any atom is -0.494 e. The molecule has 0 saturated carbocycles. The Balaban J connectivity index is 1.60. The third-order valence-electron chi connectivity index (χ3n) is 4.73. The minimum absolute atomic E-state index is 0.0255. The van der Waals surface area contributed by atoms with Gasteiger partial charge in [0, 0.05) is 5.56 Å². The topological polar surface area (TPSA) is 173 Å². The summed E-state index contributed by atoms with van der Waals surface area (Å²) >= 11 is 0. The molecule has 0 aliphatic carbocycles. The van der Waals surface area contributed by atoms with E-state index in [0.717, 1.165) is 0 Å². The van der Waals surface area contributed by atoms with E-state index in [2.05, 4.69) is 40.5 Å². The lowest BCUT2D eigenvalue weighted by Gasteiger charge is -2.07. The summed E-state index contributed by atoms with van der Waals surface area (Å²) in [4.78, 5) is 24.5. The van der Waals surface area contributed by atoms with Crippen LogP contribution in [0, 0.1) is 0 Å². The van der Waals surface area contributed by atoms with E-state index in [-0.39, 0.29) is 17.3 Å². The van der Waals surface area contributed by atoms with Crippen LogP contribution in [0.4, 0.5) is 5.82 Å². The number of esters is 1. The van der Waals surface area contributed by atoms with Gasteiger partial charge in [0.1, 0.15) is 11.4 Å². The van der Waals surface area contributed by atoms with Crippen molar-refractivity contribution >= 4 is 23.9 Å². The molecule has 4 rings (SSSR count). The smallest absolute Gasteiger partial charge is 0.337 e. The van der Waals surface area contributed by atoms with Gasteiger partial charge in [-0.3, -0.25) is 4.79 Å². The number of hydrazone groups is 1. The summed E-state index contributed by atoms with van der Waals surface area (Å²) in [7, 11) is 1.30. The summed E-state index contributed by atoms with van der Waals surface area (Å²) in [5, 5.41) is 19.3. The van der Waals surface area contributed by atoms with Crippen LogP contribution in [0.2, 0.25) is 0 Å². The van der Waals surface area contributed by atoms with Gasteiger partial charge in [-0.25, -0.2) is 14.8 Å². The second-order valence-corrected chi connectivity index (χ2v) is 6.94. The van der Waals surface area contributed by atoms with Gasteiger partial charge in [0.25, 0.3) is 5.91 Å². The van der Waals surface area contributed by atoms with E-state index in [9.17, 15) is 9.59 Å². The molecule has 13 nitrogen and oxygen atoms in total. The van der Waals surface area contributed by atoms with Crippen LogP contribution in [0.3, 0.4) is 0 Å². The number of amides is 1. The Morgan fingerprint density at radius 3 is 2.51 bits per heavy atom. The number of nitrogens with two attached hydrogens (primary N) is 1. The highest BCUT2D eigenvalue weighted by atomic mass is 16.6. The summed E-state index contributed by atoms with van der Waals surface area (Å²) in [6.07, 6.45) is 1.42. The standard InChI is InChI=1S/C22H20N8O5/c1-3-34-16-10-8-14(9-11-16)18-17(25-29-30(18)20-19(23)27-35-28-20)21(31)26-24-12-13-4-6-15(7-5-13)22(32)33-2/h4-12H,3H2,1-2H3,(H2,23,27)(H,26,31)/b24-12-. The van der Waals surface area contributed by atoms with Crippen LogP contribution < -0.4 is 15.9 Å². The average molecular weight is 476 g/mol. The first-order chi connectivity index (χ1) is 17.0. The van der Waals surface area contributed by atoms with E-state index < -0.39 is 11.9 Å². The van der Waals surface area contributed by atoms with E-state index in [1.807, 2.05) is 6.92 Å². The highest BCUT2D eigenvalue weighted by Crippen LogP contribution is 2.28. The molecule has 0 unspecified atom stereocenters. The molecule has 0 spiro atoms. The number of carbonyl (C=O) groups is 2. The fourth-order valence-corrected chi connectivity index (χ4v) is 3.10. The Morgan fingerprint density at radius 1 is 1.14 bits per heavy atom. The number of nitrogens with zero attached hydrogens (tertiary/aromatic N) is 6. The van der Waals surface area contributed by atoms with Crippen molar-refractivity contribution in [1.29, 1.82) is 0 Å². The maximum atomic E-state index is 12.9. The van der Waals surface area contributed by atoms with Crippen LogP contribution in [0.15, 0.2) is 58.3 Å². The minimum atomic E-state index is -0.627. The molecular formula is C22H20N8O5. The van der Waals surface area contributed by atoms with Crippen molar-refractivity contribution in [1.82, 2.24) is 30.7 Å². The van der Waals surface area contributed by atoms with Gasteiger partial charge >= 0.3 is 5.97 Å². The zero-order chi connectivity index (χ0) is 24.8. The van der Waals surface area contributed by atoms with Crippen molar-refractivity contribution in [3.05, 3.63) is 65.4 Å². The number of methoxy groups -OCH3 is 1. The van der Waals surface area contributed by atoms with Crippen LogP contribution in [-0.2, 0) is 4.74 Å². The maximum absolute atomic E-state index is 12.9. The van der Waals surface area contributed by atoms with Crippen molar-refractivity contribution in [2.75, 3.05) is 19.5 Å². The molecule has 0 bridgehead atoms. The van der Waals surface area contributed by atoms with E-state index in [1.54, 1.807) is 48.5 Å². The zero-order valence-electron chi connectivity index (χ0n) is 18.7. The van der Waals surface area contributed by atoms with E-state index >= 15 is 0 Å². The van der Waals surface area contributed by atoms with Gasteiger partial charge < -0.3 is 15.2 Å². The Kier molecular flexibility index (Phi) is 6.76. The molecule has 0 fully saturated rings. The lowest BCUT2D eigenvalue weighted by Crippen LogP contribution is -2.19. The normalized spacial score (nSPS) is 10.9. The molecule has 2 aromatic carbocycles. The van der Waals surface area contributed by atoms with Crippen LogP contribution in [0.1, 0.15) is 33.3 Å². The fourth-order valence-electron chi connectivity index (χ4n) is 3.10. The predicted molar refractivity (Wildman–Crippen MR) is 123 cm³/mol. The number of hydrogen-bond donors (Lipinski definition) is 2. The Morgan fingerprint density at radius 2 is 1.89 bits per heavy atom. The fraction of sp³-hybridized carbons (Fsp3) is 0.136. The molecule has 3 N–H and O–H groups in total. The summed E-state index contributed by atoms with van der Waals surface area (Å²) in [6.45, 7) is 2.39. The van der Waals surface area contributed by atoms with E-state index in [0.29, 0.717) is 34.7 Å². The molecule has 0 saturated heterocycles. The Labute approximate surface area is 198 Å². The van der Waals surface area contributed by atoms with Crippen molar-refractivity contribution in [3.63, 3.8) is 0 Å². The number of nitrogens with one attached hydrogen (secondary N) is 1. The molecule has 2 heterocycles. The third-order valence-corrected chi connectivity index (χ3v) is 4.73. The predicted octanol–water partition coefficient (Wildman–Crippen LogP) is 1.85. The number of aromatic nitrogens is 5. The van der Waals surface area contributed by atoms with Crippen molar-refractivity contribution in [2.45, 2.75) is 6.92 Å². The zero-order valence-corrected chi connectivity index (χ0v) is 18.7. The van der Waals surface area contributed by atoms with Gasteiger partial charge in [-0.2, -0.15) is 9.78 Å². The number of anilines is 1. The number of ether oxygens (including phenoxy) is 2. The molecule has 0 aliphatic rings. The quantitative estimate of drug-likeness (QED) is 0.217. The molecule has 178 valence electrons. The molecule has 4 aromatic rings. The first-order valence-corrected chi connectivity index (χ1v) is 10.3. The van der Waals surface area contributed by atoms with Crippen LogP contribution in [0.25, 0.3) is 17.1 Å². The molecule has 0 aliphatic heterocycles. The van der Waals surface area contributed by atoms with E-state index in [1.165, 1.54) is 18.0 Å². The van der Waals surface area contributed by atoms with Gasteiger partial charge in [0.05, 0.1) is 25.5 Å². The van der Waals surface area contributed by atoms with Gasteiger partial charge in [-0.1, -0.05) is 17.3 Å². The van der Waals surface area contributed by atoms with Crippen molar-refractivity contribution in [3.8, 4) is 22.8 Å². The summed E-state index contributed by atoms with van der Waals surface area (Å²) in [5.41, 5.74) is 10.1. The Hall–Kier alpha value is -5.07. The lowest BCUT2D eigenvalue weighted by atomic mass is 10.1. The van der Waals surface area contributed by atoms with E-state index in [4.69, 9.17) is 10.5 Å². The van der Waals surface area contributed by atoms with Gasteiger partial charge in [0.2, 0.25) is 11.6 Å². The van der Waals surface area contributed by atoms with Crippen LogP contribution in [0.5, 0.6) is 5.75 Å². The molecule has 13 heteroatoms. The Bertz CT molecular complexity index is 1360. The molecular weight excluding hydrogens is 456 g/mol. The summed E-state index contributed by atoms with van der Waals surface area (Å²) in [6, 6.07) is 13.5. The lowest BCUT2D eigenvalue weighted by molar-refractivity contribution is 0.0600. The maximum Gasteiger partial charge on any atom is 0.337 e. The van der Waals surface area contributed by atoms with Gasteiger partial charge in [0.15, 0.2) is 5.69 Å². The second-order valence-electron chi connectivity index (χ2n) is 6.94. The largest absolute Gasteiger partial charge is 0.494 e. The van der Waals surface area contributed by atoms with Gasteiger partial charge in [-0.15, -0.1) is 5.10 Å². The monoisotopic (exact) mass is 476 g/mol. The number of benzene rings is 2. The average Bonchev–Trinajstić information content (AvgIpc) is 3.50. The van der Waals surface area contributed by atoms with Crippen molar-refractivity contribution < 1.29 is 23.7 Å². The summed E-state index contributed by atoms with van der Waals surface area (Å²) < 4.78 is 16.1. The van der Waals surface area contributed by atoms with Crippen LogP contribution in [-0.4, -0.2) is 57.1 Å². The molecule has 35 heavy (non-hydrogen) atoms. The number of hydrogen-bond acceptors (Lipinski definition) is 11. The summed E-state index contributed by atoms with van der Waals surface area (Å²) in [5.74, 6) is -0.365. The first kappa shape index (κ1) is 23.1. The highest BCUT2D eigenvalue weighted by Gasteiger charge is 2.25.